The van der Waals surface area contributed by atoms with Crippen LogP contribution < -0.4 is 14.5 Å². The van der Waals surface area contributed by atoms with Crippen LogP contribution in [0.4, 0.5) is 11.4 Å². The van der Waals surface area contributed by atoms with Gasteiger partial charge in [0.1, 0.15) is 0 Å². The second-order valence-electron chi connectivity index (χ2n) is 12.9. The van der Waals surface area contributed by atoms with Gasteiger partial charge >= 0.3 is 97.8 Å². The molecule has 0 unspecified atom stereocenters. The monoisotopic (exact) mass is 723 g/mol. The Labute approximate surface area is 280 Å². The summed E-state index contributed by atoms with van der Waals surface area (Å²) in [7, 11) is 11.6. The molecule has 6 heteroatoms. The minimum Gasteiger partial charge on any atom is -0.479 e. The van der Waals surface area contributed by atoms with Gasteiger partial charge in [0.2, 0.25) is 0 Å². The first-order valence-corrected chi connectivity index (χ1v) is 21.1. The number of anilines is 2. The van der Waals surface area contributed by atoms with Crippen LogP contribution >= 0.6 is 19.4 Å². The first-order chi connectivity index (χ1) is 20.7. The van der Waals surface area contributed by atoms with Crippen molar-refractivity contribution < 1.29 is 18.3 Å². The van der Waals surface area contributed by atoms with Gasteiger partial charge < -0.3 is 9.80 Å². The van der Waals surface area contributed by atoms with Crippen molar-refractivity contribution in [3.63, 3.8) is 0 Å². The van der Waals surface area contributed by atoms with E-state index >= 15 is 0 Å². The topological polar surface area (TPSA) is 15.7 Å². The second-order valence-corrected chi connectivity index (χ2v) is 18.7. The van der Waals surface area contributed by atoms with Gasteiger partial charge in [0.15, 0.2) is 0 Å². The van der Waals surface area contributed by atoms with Gasteiger partial charge in [-0.15, -0.1) is 6.67 Å². The molecule has 1 heterocycles. The predicted octanol–water partition coefficient (Wildman–Crippen LogP) is 12.0. The molecule has 0 radical (unpaired) electrons. The van der Waals surface area contributed by atoms with E-state index in [1.54, 1.807) is 0 Å². The largest absolute Gasteiger partial charge is 0.479 e. The van der Waals surface area contributed by atoms with E-state index in [0.717, 1.165) is 11.3 Å². The van der Waals surface area contributed by atoms with E-state index in [-0.39, 0.29) is 6.10 Å². The molecule has 0 fully saturated rings. The molecule has 0 bridgehead atoms. The van der Waals surface area contributed by atoms with Crippen LogP contribution in [0, 0.1) is 13.6 Å². The molecule has 3 aromatic carbocycles. The molecule has 0 N–H and O–H groups in total. The van der Waals surface area contributed by atoms with Gasteiger partial charge in [0.25, 0.3) is 0 Å². The molecule has 3 aromatic rings. The Morgan fingerprint density at radius 2 is 1.11 bits per heavy atom. The van der Waals surface area contributed by atoms with Crippen LogP contribution in [0.5, 0.6) is 5.75 Å². The van der Waals surface area contributed by atoms with E-state index in [4.69, 9.17) is 24.1 Å². The van der Waals surface area contributed by atoms with Crippen LogP contribution in [0.25, 0.3) is 0 Å². The smallest absolute Gasteiger partial charge is 0.0195 e. The molecule has 0 saturated heterocycles. The maximum absolute atomic E-state index is 5.82. The molecule has 0 aliphatic carbocycles. The SMILES string of the molecule is CC(C)Oc1ccccc1[CH]=[Ru]([Cl])[Cl].Cc1cc(C(C)C)c(N2C=CN(c3c(C(C)C)cccc3C(C)C)[CH-]2)c(C(C)C)c1. The third-order valence-electron chi connectivity index (χ3n) is 7.52. The Morgan fingerprint density at radius 3 is 1.55 bits per heavy atom. The van der Waals surface area contributed by atoms with Crippen LogP contribution in [0.3, 0.4) is 0 Å². The minimum atomic E-state index is -1.77. The molecule has 0 spiro atoms. The number of nitrogens with zero attached hydrogens (tertiary/aromatic N) is 2. The van der Waals surface area contributed by atoms with Gasteiger partial charge in [-0.25, -0.2) is 0 Å². The molecule has 0 aromatic heterocycles. The summed E-state index contributed by atoms with van der Waals surface area (Å²) in [6.07, 6.45) is 4.61. The van der Waals surface area contributed by atoms with Crippen molar-refractivity contribution in [3.8, 4) is 5.75 Å². The number of halogens is 2. The molecule has 0 saturated carbocycles. The summed E-state index contributed by atoms with van der Waals surface area (Å²) in [5.41, 5.74) is 10.7. The van der Waals surface area contributed by atoms with E-state index < -0.39 is 13.5 Å². The van der Waals surface area contributed by atoms with E-state index in [9.17, 15) is 0 Å². The fraction of sp³-hybridized carbons (Fsp3) is 0.421. The van der Waals surface area contributed by atoms with Crippen LogP contribution in [-0.2, 0) is 13.5 Å². The fourth-order valence-electron chi connectivity index (χ4n) is 5.45. The van der Waals surface area contributed by atoms with Gasteiger partial charge in [-0.1, -0.05) is 91.3 Å². The van der Waals surface area contributed by atoms with E-state index in [1.807, 2.05) is 42.7 Å². The normalized spacial score (nSPS) is 13.4. The van der Waals surface area contributed by atoms with E-state index in [2.05, 4.69) is 122 Å². The summed E-state index contributed by atoms with van der Waals surface area (Å²) in [5, 5.41) is 0. The quantitative estimate of drug-likeness (QED) is 0.161. The number of rotatable bonds is 9. The summed E-state index contributed by atoms with van der Waals surface area (Å²) < 4.78 is 7.51. The van der Waals surface area contributed by atoms with Crippen LogP contribution in [0.2, 0.25) is 0 Å². The van der Waals surface area contributed by atoms with Gasteiger partial charge in [0, 0.05) is 11.4 Å². The summed E-state index contributed by atoms with van der Waals surface area (Å²) in [5.74, 6) is 2.75. The average molecular weight is 724 g/mol. The average Bonchev–Trinajstić information content (AvgIpc) is 3.42. The van der Waals surface area contributed by atoms with Crippen LogP contribution in [0.15, 0.2) is 67.0 Å². The number of para-hydroxylation sites is 2. The number of aryl methyl sites for hydroxylation is 1. The maximum Gasteiger partial charge on any atom is 0.0195 e. The first-order valence-electron chi connectivity index (χ1n) is 15.7. The number of hydrogen-bond donors (Lipinski definition) is 0. The third kappa shape index (κ3) is 9.44. The van der Waals surface area contributed by atoms with Crippen molar-refractivity contribution in [2.45, 2.75) is 106 Å². The molecule has 242 valence electrons. The zero-order valence-corrected chi connectivity index (χ0v) is 31.6. The van der Waals surface area contributed by atoms with Gasteiger partial charge in [-0.2, -0.15) is 0 Å². The van der Waals surface area contributed by atoms with Crippen molar-refractivity contribution in [1.29, 1.82) is 0 Å². The van der Waals surface area contributed by atoms with Crippen molar-refractivity contribution in [3.05, 3.63) is 107 Å². The van der Waals surface area contributed by atoms with Crippen molar-refractivity contribution in [2.75, 3.05) is 9.80 Å². The van der Waals surface area contributed by atoms with E-state index in [0.29, 0.717) is 23.7 Å². The Bertz CT molecular complexity index is 1400. The molecule has 0 atom stereocenters. The molecule has 44 heavy (non-hydrogen) atoms. The first kappa shape index (κ1) is 36.3. The second kappa shape index (κ2) is 16.4. The third-order valence-corrected chi connectivity index (χ3v) is 9.35. The van der Waals surface area contributed by atoms with Crippen LogP contribution in [0.1, 0.15) is 126 Å². The Morgan fingerprint density at radius 1 is 0.659 bits per heavy atom. The Hall–Kier alpha value is -2.13. The Kier molecular flexibility index (Phi) is 13.6. The van der Waals surface area contributed by atoms with Crippen LogP contribution in [-0.4, -0.2) is 10.7 Å². The molecule has 0 amide bonds. The minimum absolute atomic E-state index is 0.163. The number of ether oxygens (including phenoxy) is 1. The summed E-state index contributed by atoms with van der Waals surface area (Å²) >= 11 is -1.77. The predicted molar refractivity (Wildman–Crippen MR) is 191 cm³/mol. The van der Waals surface area contributed by atoms with Crippen molar-refractivity contribution >= 4 is 35.4 Å². The van der Waals surface area contributed by atoms with Gasteiger partial charge in [-0.3, -0.25) is 0 Å². The summed E-state index contributed by atoms with van der Waals surface area (Å²) in [6.45, 7) is 26.8. The maximum atomic E-state index is 5.82. The van der Waals surface area contributed by atoms with Gasteiger partial charge in [-0.05, 0) is 65.2 Å². The molecular formula is C38H51Cl2N2ORu-. The molecule has 1 aliphatic heterocycles. The zero-order chi connectivity index (χ0) is 32.7. The molecule has 1 aliphatic rings. The molecule has 3 nitrogen and oxygen atoms in total. The fourth-order valence-corrected chi connectivity index (χ4v) is 7.26. The van der Waals surface area contributed by atoms with Crippen molar-refractivity contribution in [1.82, 2.24) is 0 Å². The zero-order valence-electron chi connectivity index (χ0n) is 28.3. The summed E-state index contributed by atoms with van der Waals surface area (Å²) in [6, 6.07) is 19.3. The van der Waals surface area contributed by atoms with Crippen molar-refractivity contribution in [2.24, 2.45) is 0 Å². The van der Waals surface area contributed by atoms with Gasteiger partial charge in [0.05, 0.1) is 0 Å². The molecular weight excluding hydrogens is 672 g/mol. The number of hydrogen-bond acceptors (Lipinski definition) is 3. The summed E-state index contributed by atoms with van der Waals surface area (Å²) in [4.78, 5) is 4.67. The number of benzene rings is 3. The van der Waals surface area contributed by atoms with E-state index in [1.165, 1.54) is 39.2 Å². The molecule has 4 rings (SSSR count). The Balaban J connectivity index is 0.000000317. The standard InChI is InChI=1S/C28H39N2.C10H12O.2ClH.Ru/c1-18(2)23-11-10-12-24(19(3)4)27(23)29-13-14-30(17-29)28-25(20(5)6)15-22(9)16-26(28)21(7)8;1-8(2)11-10-7-5-4-6-9(10)3;;;/h10-21H,1-9H3;3-8H,1-2H3;2*1H;/q-1;;;;+2/p-2.